The van der Waals surface area contributed by atoms with Crippen LogP contribution < -0.4 is 0 Å². The minimum Gasteiger partial charge on any atom is -0.491 e. The van der Waals surface area contributed by atoms with E-state index >= 15 is 0 Å². The number of rotatable bonds is 5. The van der Waals surface area contributed by atoms with Gasteiger partial charge in [-0.25, -0.2) is 18.6 Å². The Kier molecular flexibility index (Phi) is 5.63. The van der Waals surface area contributed by atoms with E-state index in [0.717, 1.165) is 6.07 Å². The monoisotopic (exact) mass is 374 g/mol. The summed E-state index contributed by atoms with van der Waals surface area (Å²) in [6.07, 6.45) is 6.90. The van der Waals surface area contributed by atoms with E-state index in [0.29, 0.717) is 30.8 Å². The van der Waals surface area contributed by atoms with Gasteiger partial charge >= 0.3 is 6.03 Å². The Morgan fingerprint density at radius 3 is 2.70 bits per heavy atom. The van der Waals surface area contributed by atoms with Crippen LogP contribution in [0, 0.1) is 11.6 Å². The summed E-state index contributed by atoms with van der Waals surface area (Å²) >= 11 is 0. The molecule has 0 aliphatic carbocycles. The Bertz CT molecular complexity index is 796. The molecule has 0 N–H and O–H groups in total. The first kappa shape index (κ1) is 18.8. The maximum atomic E-state index is 13.5. The second kappa shape index (κ2) is 8.11. The highest BCUT2D eigenvalue weighted by Gasteiger charge is 2.38. The number of urea groups is 1. The third-order valence-electron chi connectivity index (χ3n) is 4.29. The number of carbonyl (C=O) groups is 1. The van der Waals surface area contributed by atoms with Gasteiger partial charge in [-0.05, 0) is 43.5 Å². The van der Waals surface area contributed by atoms with Crippen LogP contribution in [0.4, 0.5) is 13.6 Å². The van der Waals surface area contributed by atoms with E-state index in [2.05, 4.69) is 16.8 Å². The molecule has 1 aromatic carbocycles. The fourth-order valence-electron chi connectivity index (χ4n) is 3.00. The van der Waals surface area contributed by atoms with Crippen LogP contribution in [0.1, 0.15) is 24.9 Å². The Morgan fingerprint density at radius 1 is 1.33 bits per heavy atom. The Morgan fingerprint density at radius 2 is 2.04 bits per heavy atom. The first-order valence-corrected chi connectivity index (χ1v) is 8.50. The highest BCUT2D eigenvalue weighted by molar-refractivity contribution is 5.79. The predicted octanol–water partition coefficient (Wildman–Crippen LogP) is 3.64. The van der Waals surface area contributed by atoms with Gasteiger partial charge in [0.15, 0.2) is 0 Å². The smallest absolute Gasteiger partial charge is 0.341 e. The lowest BCUT2D eigenvalue weighted by Gasteiger charge is -2.41. The van der Waals surface area contributed by atoms with Crippen LogP contribution in [0.3, 0.4) is 0 Å². The van der Waals surface area contributed by atoms with Crippen LogP contribution >= 0.6 is 0 Å². The topological polar surface area (TPSA) is 57.5 Å². The molecule has 27 heavy (non-hydrogen) atoms. The number of aliphatic imine (C=N–C) groups is 1. The molecule has 1 fully saturated rings. The van der Waals surface area contributed by atoms with Crippen molar-refractivity contribution in [3.63, 3.8) is 0 Å². The van der Waals surface area contributed by atoms with Crippen LogP contribution in [0.2, 0.25) is 0 Å². The number of hydrogen-bond donors (Lipinski definition) is 0. The lowest BCUT2D eigenvalue weighted by atomic mass is 10.0. The van der Waals surface area contributed by atoms with E-state index in [4.69, 9.17) is 4.74 Å². The fourth-order valence-corrected chi connectivity index (χ4v) is 3.00. The molecule has 2 amide bonds. The van der Waals surface area contributed by atoms with Crippen molar-refractivity contribution in [1.82, 2.24) is 9.91 Å². The molecule has 142 valence electrons. The van der Waals surface area contributed by atoms with Crippen LogP contribution in [-0.4, -0.2) is 48.1 Å². The minimum absolute atomic E-state index is 0.105. The minimum atomic E-state index is -0.676. The molecule has 0 aromatic heterocycles. The molecule has 1 atom stereocenters. The van der Waals surface area contributed by atoms with Gasteiger partial charge in [-0.1, -0.05) is 0 Å². The normalized spacial score (nSPS) is 20.3. The maximum absolute atomic E-state index is 13.5. The van der Waals surface area contributed by atoms with Crippen molar-refractivity contribution in [2.45, 2.75) is 25.5 Å². The number of ether oxygens (including phenoxy) is 1. The number of halogens is 2. The summed E-state index contributed by atoms with van der Waals surface area (Å²) in [4.78, 5) is 17.9. The maximum Gasteiger partial charge on any atom is 0.341 e. The number of hydrogen-bond acceptors (Lipinski definition) is 4. The zero-order valence-corrected chi connectivity index (χ0v) is 14.9. The summed E-state index contributed by atoms with van der Waals surface area (Å²) in [7, 11) is 0. The van der Waals surface area contributed by atoms with Gasteiger partial charge < -0.3 is 9.64 Å². The molecule has 0 bridgehead atoms. The molecular weight excluding hydrogens is 354 g/mol. The average molecular weight is 374 g/mol. The SMILES string of the molecule is C=N/C=C\C=C(/C)OC1CN(C(=O)N2N=CC[C@H]2c2cc(F)cc(F)c2)C1. The molecule has 3 rings (SSSR count). The number of likely N-dealkylation sites (tertiary alicyclic amines) is 1. The largest absolute Gasteiger partial charge is 0.491 e. The van der Waals surface area contributed by atoms with Crippen molar-refractivity contribution in [2.24, 2.45) is 10.1 Å². The van der Waals surface area contributed by atoms with Crippen molar-refractivity contribution >= 4 is 19.0 Å². The highest BCUT2D eigenvalue weighted by atomic mass is 19.1. The molecule has 0 radical (unpaired) electrons. The summed E-state index contributed by atoms with van der Waals surface area (Å²) in [5, 5.41) is 5.36. The van der Waals surface area contributed by atoms with Crippen molar-refractivity contribution < 1.29 is 18.3 Å². The Hall–Kier alpha value is -3.03. The second-order valence-electron chi connectivity index (χ2n) is 6.33. The van der Waals surface area contributed by atoms with Gasteiger partial charge in [0.1, 0.15) is 17.7 Å². The van der Waals surface area contributed by atoms with E-state index in [1.54, 1.807) is 29.5 Å². The van der Waals surface area contributed by atoms with Crippen molar-refractivity contribution in [3.05, 3.63) is 59.5 Å². The van der Waals surface area contributed by atoms with Gasteiger partial charge in [0.05, 0.1) is 24.9 Å². The van der Waals surface area contributed by atoms with Gasteiger partial charge in [0.25, 0.3) is 0 Å². The van der Waals surface area contributed by atoms with E-state index in [-0.39, 0.29) is 12.1 Å². The molecule has 1 aromatic rings. The molecule has 2 aliphatic rings. The van der Waals surface area contributed by atoms with E-state index < -0.39 is 17.7 Å². The Balaban J connectivity index is 1.58. The van der Waals surface area contributed by atoms with Crippen LogP contribution in [0.5, 0.6) is 0 Å². The van der Waals surface area contributed by atoms with Crippen molar-refractivity contribution in [2.75, 3.05) is 13.1 Å². The van der Waals surface area contributed by atoms with Crippen molar-refractivity contribution in [1.29, 1.82) is 0 Å². The van der Waals surface area contributed by atoms with E-state index in [1.165, 1.54) is 17.1 Å². The zero-order chi connectivity index (χ0) is 19.4. The molecule has 0 saturated carbocycles. The molecule has 8 heteroatoms. The summed E-state index contributed by atoms with van der Waals surface area (Å²) in [6.45, 7) is 6.00. The number of benzene rings is 1. The number of carbonyl (C=O) groups excluding carboxylic acids is 1. The highest BCUT2D eigenvalue weighted by Crippen LogP contribution is 2.31. The standard InChI is InChI=1S/C19H20F2N4O2/c1-13(4-3-6-22-2)27-17-11-24(12-17)19(26)25-18(5-7-23-25)14-8-15(20)10-16(21)9-14/h3-4,6-10,17-18H,2,5,11-12H2,1H3/b6-3-,13-4+/t18-/m0/s1. The molecule has 1 saturated heterocycles. The van der Waals surface area contributed by atoms with Crippen LogP contribution in [0.15, 0.2) is 52.4 Å². The fraction of sp³-hybridized carbons (Fsp3) is 0.316. The van der Waals surface area contributed by atoms with Gasteiger partial charge in [0, 0.05) is 24.9 Å². The van der Waals surface area contributed by atoms with Crippen molar-refractivity contribution in [3.8, 4) is 0 Å². The molecule has 6 nitrogen and oxygen atoms in total. The average Bonchev–Trinajstić information content (AvgIpc) is 3.06. The Labute approximate surface area is 156 Å². The number of hydrazone groups is 1. The first-order valence-electron chi connectivity index (χ1n) is 8.50. The molecule has 2 heterocycles. The van der Waals surface area contributed by atoms with Gasteiger partial charge in [-0.15, -0.1) is 0 Å². The molecule has 0 spiro atoms. The van der Waals surface area contributed by atoms with Crippen LogP contribution in [-0.2, 0) is 4.74 Å². The number of allylic oxidation sites excluding steroid dienone is 3. The quantitative estimate of drug-likeness (QED) is 0.449. The number of nitrogens with zero attached hydrogens (tertiary/aromatic N) is 4. The third kappa shape index (κ3) is 4.39. The van der Waals surface area contributed by atoms with Gasteiger partial charge in [0.2, 0.25) is 0 Å². The third-order valence-corrected chi connectivity index (χ3v) is 4.29. The summed E-state index contributed by atoms with van der Waals surface area (Å²) in [5.41, 5.74) is 0.382. The second-order valence-corrected chi connectivity index (χ2v) is 6.33. The van der Waals surface area contributed by atoms with E-state index in [9.17, 15) is 13.6 Å². The first-order chi connectivity index (χ1) is 13.0. The summed E-state index contributed by atoms with van der Waals surface area (Å²) in [6, 6.07) is 2.44. The summed E-state index contributed by atoms with van der Waals surface area (Å²) in [5.74, 6) is -0.645. The summed E-state index contributed by atoms with van der Waals surface area (Å²) < 4.78 is 32.7. The van der Waals surface area contributed by atoms with E-state index in [1.807, 2.05) is 6.92 Å². The van der Waals surface area contributed by atoms with Gasteiger partial charge in [-0.2, -0.15) is 5.10 Å². The predicted molar refractivity (Wildman–Crippen MR) is 98.3 cm³/mol. The number of amides is 2. The lowest BCUT2D eigenvalue weighted by Crippen LogP contribution is -2.57. The molecular formula is C19H20F2N4O2. The zero-order valence-electron chi connectivity index (χ0n) is 14.9. The lowest BCUT2D eigenvalue weighted by molar-refractivity contribution is -0.00925. The van der Waals surface area contributed by atoms with Crippen LogP contribution in [0.25, 0.3) is 0 Å². The van der Waals surface area contributed by atoms with Gasteiger partial charge in [-0.3, -0.25) is 4.99 Å². The molecule has 0 unspecified atom stereocenters. The molecule has 2 aliphatic heterocycles.